The third kappa shape index (κ3) is 12.8. The van der Waals surface area contributed by atoms with Crippen LogP contribution in [-0.4, -0.2) is 37.5 Å². The van der Waals surface area contributed by atoms with Crippen molar-refractivity contribution in [3.8, 4) is 0 Å². The predicted molar refractivity (Wildman–Crippen MR) is 118 cm³/mol. The van der Waals surface area contributed by atoms with Crippen molar-refractivity contribution in [1.82, 2.24) is 0 Å². The molecule has 0 fully saturated rings. The lowest BCUT2D eigenvalue weighted by Gasteiger charge is -2.28. The van der Waals surface area contributed by atoms with Crippen LogP contribution in [0.2, 0.25) is 0 Å². The molecule has 4 heteroatoms. The molecule has 0 amide bonds. The van der Waals surface area contributed by atoms with Crippen molar-refractivity contribution in [3.05, 3.63) is 0 Å². The molecule has 4 unspecified atom stereocenters. The first-order valence-electron chi connectivity index (χ1n) is 11.6. The third-order valence-electron chi connectivity index (χ3n) is 5.72. The normalized spacial score (nSPS) is 17.2. The van der Waals surface area contributed by atoms with Gasteiger partial charge in [0, 0.05) is 0 Å². The lowest BCUT2D eigenvalue weighted by Crippen LogP contribution is -2.41. The van der Waals surface area contributed by atoms with E-state index >= 15 is 0 Å². The number of rotatable bonds is 17. The first-order valence-corrected chi connectivity index (χ1v) is 11.6. The topological polar surface area (TPSA) is 44.8 Å². The van der Waals surface area contributed by atoms with E-state index in [0.29, 0.717) is 25.6 Å². The fourth-order valence-electron chi connectivity index (χ4n) is 2.96. The Morgan fingerprint density at radius 1 is 0.893 bits per heavy atom. The summed E-state index contributed by atoms with van der Waals surface area (Å²) in [6.45, 7) is 18.4. The van der Waals surface area contributed by atoms with Gasteiger partial charge in [-0.05, 0) is 50.9 Å². The molecule has 0 aromatic heterocycles. The van der Waals surface area contributed by atoms with Crippen molar-refractivity contribution >= 4 is 5.97 Å². The van der Waals surface area contributed by atoms with Gasteiger partial charge in [0.05, 0.1) is 19.3 Å². The zero-order valence-corrected chi connectivity index (χ0v) is 20.0. The molecule has 0 spiro atoms. The number of carbonyl (C=O) groups is 1. The van der Waals surface area contributed by atoms with Crippen molar-refractivity contribution < 1.29 is 19.0 Å². The lowest BCUT2D eigenvalue weighted by molar-refractivity contribution is -0.174. The van der Waals surface area contributed by atoms with Crippen LogP contribution in [0.3, 0.4) is 0 Å². The molecule has 0 bridgehead atoms. The van der Waals surface area contributed by atoms with Crippen LogP contribution in [0.25, 0.3) is 0 Å². The summed E-state index contributed by atoms with van der Waals surface area (Å²) in [5.74, 6) is 1.72. The fourth-order valence-corrected chi connectivity index (χ4v) is 2.96. The minimum Gasteiger partial charge on any atom is -0.461 e. The van der Waals surface area contributed by atoms with Crippen LogP contribution in [0, 0.1) is 17.8 Å². The summed E-state index contributed by atoms with van der Waals surface area (Å²) in [5.41, 5.74) is -0.868. The molecule has 0 aliphatic heterocycles. The SMILES string of the molecule is CCC(C)OCCOC(=O)C(C)(CC)OCC(C)CCC(C)CCCC(C)C. The Hall–Kier alpha value is -0.610. The van der Waals surface area contributed by atoms with E-state index in [1.165, 1.54) is 25.7 Å². The van der Waals surface area contributed by atoms with Gasteiger partial charge < -0.3 is 14.2 Å². The Morgan fingerprint density at radius 2 is 1.54 bits per heavy atom. The molecule has 28 heavy (non-hydrogen) atoms. The average molecular weight is 401 g/mol. The molecule has 168 valence electrons. The third-order valence-corrected chi connectivity index (χ3v) is 5.72. The molecular weight excluding hydrogens is 352 g/mol. The fraction of sp³-hybridized carbons (Fsp3) is 0.958. The summed E-state index contributed by atoms with van der Waals surface area (Å²) in [5, 5.41) is 0. The molecular formula is C24H48O4. The van der Waals surface area contributed by atoms with Gasteiger partial charge in [0.2, 0.25) is 0 Å². The second-order valence-corrected chi connectivity index (χ2v) is 9.23. The Bertz CT molecular complexity index is 396. The number of ether oxygens (including phenoxy) is 3. The minimum absolute atomic E-state index is 0.195. The largest absolute Gasteiger partial charge is 0.461 e. The van der Waals surface area contributed by atoms with Crippen LogP contribution >= 0.6 is 0 Å². The zero-order chi connectivity index (χ0) is 21.6. The summed E-state index contributed by atoms with van der Waals surface area (Å²) < 4.78 is 17.0. The molecule has 0 aromatic rings. The Labute approximate surface area is 175 Å². The van der Waals surface area contributed by atoms with Crippen LogP contribution < -0.4 is 0 Å². The highest BCUT2D eigenvalue weighted by Crippen LogP contribution is 2.23. The van der Waals surface area contributed by atoms with Gasteiger partial charge in [0.15, 0.2) is 5.60 Å². The monoisotopic (exact) mass is 400 g/mol. The van der Waals surface area contributed by atoms with Gasteiger partial charge in [-0.2, -0.15) is 0 Å². The van der Waals surface area contributed by atoms with Gasteiger partial charge >= 0.3 is 5.97 Å². The Morgan fingerprint density at radius 3 is 2.11 bits per heavy atom. The second-order valence-electron chi connectivity index (χ2n) is 9.23. The van der Waals surface area contributed by atoms with Crippen LogP contribution in [0.4, 0.5) is 0 Å². The van der Waals surface area contributed by atoms with Crippen molar-refractivity contribution in [3.63, 3.8) is 0 Å². The molecule has 0 saturated heterocycles. The molecule has 0 N–H and O–H groups in total. The molecule has 0 aromatic carbocycles. The van der Waals surface area contributed by atoms with E-state index in [2.05, 4.69) is 34.6 Å². The maximum atomic E-state index is 12.5. The number of esters is 1. The summed E-state index contributed by atoms with van der Waals surface area (Å²) in [6.07, 6.45) is 8.08. The number of carbonyl (C=O) groups excluding carboxylic acids is 1. The Balaban J connectivity index is 4.14. The smallest absolute Gasteiger partial charge is 0.338 e. The van der Waals surface area contributed by atoms with E-state index in [4.69, 9.17) is 14.2 Å². The molecule has 4 atom stereocenters. The van der Waals surface area contributed by atoms with Gasteiger partial charge in [0.1, 0.15) is 6.61 Å². The maximum absolute atomic E-state index is 12.5. The quantitative estimate of drug-likeness (QED) is 0.209. The Kier molecular flexibility index (Phi) is 14.9. The van der Waals surface area contributed by atoms with Crippen molar-refractivity contribution in [2.75, 3.05) is 19.8 Å². The molecule has 0 radical (unpaired) electrons. The molecule has 0 saturated carbocycles. The lowest BCUT2D eigenvalue weighted by atomic mass is 9.93. The summed E-state index contributed by atoms with van der Waals surface area (Å²) >= 11 is 0. The van der Waals surface area contributed by atoms with Crippen molar-refractivity contribution in [2.24, 2.45) is 17.8 Å². The molecule has 4 nitrogen and oxygen atoms in total. The average Bonchev–Trinajstić information content (AvgIpc) is 2.66. The van der Waals surface area contributed by atoms with Crippen molar-refractivity contribution in [1.29, 1.82) is 0 Å². The summed E-state index contributed by atoms with van der Waals surface area (Å²) in [7, 11) is 0. The van der Waals surface area contributed by atoms with Gasteiger partial charge in [-0.1, -0.05) is 67.2 Å². The molecule has 0 rings (SSSR count). The second kappa shape index (κ2) is 15.3. The summed E-state index contributed by atoms with van der Waals surface area (Å²) in [6, 6.07) is 0. The van der Waals surface area contributed by atoms with Crippen LogP contribution in [0.5, 0.6) is 0 Å². The van der Waals surface area contributed by atoms with E-state index in [-0.39, 0.29) is 18.7 Å². The van der Waals surface area contributed by atoms with Crippen LogP contribution in [0.1, 0.15) is 100 Å². The number of hydrogen-bond acceptors (Lipinski definition) is 4. The predicted octanol–water partition coefficient (Wildman–Crippen LogP) is 6.41. The molecule has 0 heterocycles. The van der Waals surface area contributed by atoms with E-state index in [9.17, 15) is 4.79 Å². The first kappa shape index (κ1) is 27.4. The standard InChI is InChI=1S/C24H48O4/c1-9-22(7)26-16-17-27-23(25)24(8,10-2)28-18-21(6)15-14-20(5)13-11-12-19(3)4/h19-22H,9-18H2,1-8H3. The maximum Gasteiger partial charge on any atom is 0.338 e. The zero-order valence-electron chi connectivity index (χ0n) is 20.0. The van der Waals surface area contributed by atoms with E-state index in [1.807, 2.05) is 20.8 Å². The highest BCUT2D eigenvalue weighted by molar-refractivity contribution is 5.79. The van der Waals surface area contributed by atoms with Crippen LogP contribution in [-0.2, 0) is 19.0 Å². The highest BCUT2D eigenvalue weighted by atomic mass is 16.6. The van der Waals surface area contributed by atoms with Crippen LogP contribution in [0.15, 0.2) is 0 Å². The molecule has 0 aliphatic carbocycles. The van der Waals surface area contributed by atoms with Crippen molar-refractivity contribution in [2.45, 2.75) is 112 Å². The van der Waals surface area contributed by atoms with E-state index in [1.54, 1.807) is 0 Å². The van der Waals surface area contributed by atoms with Gasteiger partial charge in [0.25, 0.3) is 0 Å². The van der Waals surface area contributed by atoms with E-state index < -0.39 is 5.60 Å². The summed E-state index contributed by atoms with van der Waals surface area (Å²) in [4.78, 5) is 12.5. The highest BCUT2D eigenvalue weighted by Gasteiger charge is 2.34. The van der Waals surface area contributed by atoms with Gasteiger partial charge in [-0.3, -0.25) is 0 Å². The first-order chi connectivity index (χ1) is 13.1. The minimum atomic E-state index is -0.868. The molecule has 0 aliphatic rings. The van der Waals surface area contributed by atoms with Gasteiger partial charge in [-0.15, -0.1) is 0 Å². The van der Waals surface area contributed by atoms with E-state index in [0.717, 1.165) is 24.7 Å². The van der Waals surface area contributed by atoms with Gasteiger partial charge in [-0.25, -0.2) is 4.79 Å². The number of hydrogen-bond donors (Lipinski definition) is 0.